The molecular formula is C16H28N4O2S2. The zero-order valence-corrected chi connectivity index (χ0v) is 16.3. The lowest BCUT2D eigenvalue weighted by Crippen LogP contribution is -2.30. The summed E-state index contributed by atoms with van der Waals surface area (Å²) in [6, 6.07) is -0.332. The van der Waals surface area contributed by atoms with Crippen molar-refractivity contribution >= 4 is 40.2 Å². The van der Waals surface area contributed by atoms with Crippen molar-refractivity contribution in [3.05, 3.63) is 5.56 Å². The molecule has 0 bridgehead atoms. The van der Waals surface area contributed by atoms with Gasteiger partial charge in [-0.25, -0.2) is 4.79 Å². The normalized spacial score (nSPS) is 10.8. The Labute approximate surface area is 152 Å². The number of thioether (sulfide) groups is 1. The number of carbonyl (C=O) groups is 2. The minimum Gasteiger partial charge on any atom is -0.365 e. The summed E-state index contributed by atoms with van der Waals surface area (Å²) in [6.45, 7) is 6.95. The molecule has 0 fully saturated rings. The van der Waals surface area contributed by atoms with E-state index in [-0.39, 0.29) is 6.03 Å². The summed E-state index contributed by atoms with van der Waals surface area (Å²) < 4.78 is 4.28. The fourth-order valence-corrected chi connectivity index (χ4v) is 3.96. The number of primary amides is 1. The predicted octanol–water partition coefficient (Wildman–Crippen LogP) is 4.08. The molecule has 0 unspecified atom stereocenters. The van der Waals surface area contributed by atoms with Crippen molar-refractivity contribution in [1.29, 1.82) is 0 Å². The SMILES string of the molecule is CCCCCCSc1nsc(NC(=O)NCCC(C)C)c1C(N)=O. The summed E-state index contributed by atoms with van der Waals surface area (Å²) in [6.07, 6.45) is 5.55. The number of carbonyl (C=O) groups excluding carboxylic acids is 2. The quantitative estimate of drug-likeness (QED) is 0.403. The van der Waals surface area contributed by atoms with E-state index >= 15 is 0 Å². The van der Waals surface area contributed by atoms with Gasteiger partial charge in [0.1, 0.15) is 15.6 Å². The summed E-state index contributed by atoms with van der Waals surface area (Å²) in [5, 5.41) is 6.49. The first-order valence-corrected chi connectivity index (χ1v) is 10.2. The number of urea groups is 1. The summed E-state index contributed by atoms with van der Waals surface area (Å²) in [5.41, 5.74) is 5.79. The van der Waals surface area contributed by atoms with Gasteiger partial charge >= 0.3 is 6.03 Å². The van der Waals surface area contributed by atoms with E-state index in [0.29, 0.717) is 28.1 Å². The van der Waals surface area contributed by atoms with Crippen LogP contribution < -0.4 is 16.4 Å². The minimum absolute atomic E-state index is 0.319. The van der Waals surface area contributed by atoms with Crippen LogP contribution in [0, 0.1) is 5.92 Å². The van der Waals surface area contributed by atoms with Gasteiger partial charge in [0.15, 0.2) is 0 Å². The van der Waals surface area contributed by atoms with E-state index in [1.165, 1.54) is 31.0 Å². The number of amides is 3. The number of nitrogens with zero attached hydrogens (tertiary/aromatic N) is 1. The molecule has 0 aliphatic heterocycles. The van der Waals surface area contributed by atoms with Crippen LogP contribution in [0.4, 0.5) is 9.80 Å². The highest BCUT2D eigenvalue weighted by Gasteiger charge is 2.20. The number of nitrogens with one attached hydrogen (secondary N) is 2. The molecule has 0 spiro atoms. The van der Waals surface area contributed by atoms with Gasteiger partial charge in [0.05, 0.1) is 0 Å². The molecule has 6 nitrogen and oxygen atoms in total. The van der Waals surface area contributed by atoms with Gasteiger partial charge in [0.2, 0.25) is 0 Å². The number of rotatable bonds is 11. The van der Waals surface area contributed by atoms with Gasteiger partial charge in [-0.2, -0.15) is 4.37 Å². The lowest BCUT2D eigenvalue weighted by atomic mass is 10.1. The third-order valence-corrected chi connectivity index (χ3v) is 5.32. The molecule has 136 valence electrons. The van der Waals surface area contributed by atoms with Gasteiger partial charge in [-0.15, -0.1) is 11.8 Å². The Kier molecular flexibility index (Phi) is 9.78. The topological polar surface area (TPSA) is 97.1 Å². The maximum absolute atomic E-state index is 11.9. The van der Waals surface area contributed by atoms with Crippen molar-refractivity contribution in [3.8, 4) is 0 Å². The van der Waals surface area contributed by atoms with Crippen LogP contribution in [0.15, 0.2) is 5.03 Å². The van der Waals surface area contributed by atoms with Crippen molar-refractivity contribution in [2.75, 3.05) is 17.6 Å². The van der Waals surface area contributed by atoms with Crippen LogP contribution in [0.1, 0.15) is 63.2 Å². The average Bonchev–Trinajstić information content (AvgIpc) is 2.89. The van der Waals surface area contributed by atoms with E-state index in [0.717, 1.165) is 30.1 Å². The van der Waals surface area contributed by atoms with Crippen molar-refractivity contribution < 1.29 is 9.59 Å². The molecule has 8 heteroatoms. The molecule has 1 aromatic heterocycles. The Balaban J connectivity index is 2.58. The molecule has 0 saturated carbocycles. The Morgan fingerprint density at radius 1 is 1.29 bits per heavy atom. The van der Waals surface area contributed by atoms with Crippen molar-refractivity contribution in [2.45, 2.75) is 57.9 Å². The van der Waals surface area contributed by atoms with Gasteiger partial charge in [-0.1, -0.05) is 40.0 Å². The van der Waals surface area contributed by atoms with Crippen LogP contribution in [0.25, 0.3) is 0 Å². The van der Waals surface area contributed by atoms with Gasteiger partial charge in [0, 0.05) is 6.54 Å². The van der Waals surface area contributed by atoms with E-state index in [4.69, 9.17) is 5.73 Å². The molecule has 0 aromatic carbocycles. The Morgan fingerprint density at radius 3 is 2.67 bits per heavy atom. The second kappa shape index (κ2) is 11.3. The van der Waals surface area contributed by atoms with Gasteiger partial charge in [-0.3, -0.25) is 10.1 Å². The maximum atomic E-state index is 11.9. The van der Waals surface area contributed by atoms with Crippen molar-refractivity contribution in [3.63, 3.8) is 0 Å². The second-order valence-corrected chi connectivity index (χ2v) is 7.89. The molecule has 0 aliphatic carbocycles. The molecule has 0 atom stereocenters. The number of nitrogens with two attached hydrogens (primary N) is 1. The predicted molar refractivity (Wildman–Crippen MR) is 102 cm³/mol. The summed E-state index contributed by atoms with van der Waals surface area (Å²) in [5.74, 6) is 0.854. The summed E-state index contributed by atoms with van der Waals surface area (Å²) in [4.78, 5) is 23.6. The molecule has 1 aromatic rings. The van der Waals surface area contributed by atoms with Gasteiger partial charge in [-0.05, 0) is 36.0 Å². The Morgan fingerprint density at radius 2 is 2.04 bits per heavy atom. The summed E-state index contributed by atoms with van der Waals surface area (Å²) >= 11 is 2.62. The maximum Gasteiger partial charge on any atom is 0.319 e. The Bertz CT molecular complexity index is 532. The van der Waals surface area contributed by atoms with Gasteiger partial charge < -0.3 is 11.1 Å². The molecule has 0 radical (unpaired) electrons. The third kappa shape index (κ3) is 7.53. The highest BCUT2D eigenvalue weighted by molar-refractivity contribution is 7.99. The largest absolute Gasteiger partial charge is 0.365 e. The highest BCUT2D eigenvalue weighted by Crippen LogP contribution is 2.32. The highest BCUT2D eigenvalue weighted by atomic mass is 32.2. The number of hydrogen-bond acceptors (Lipinski definition) is 5. The molecule has 3 amide bonds. The van der Waals surface area contributed by atoms with Gasteiger partial charge in [0.25, 0.3) is 5.91 Å². The average molecular weight is 373 g/mol. The van der Waals surface area contributed by atoms with E-state index in [9.17, 15) is 9.59 Å². The smallest absolute Gasteiger partial charge is 0.319 e. The van der Waals surface area contributed by atoms with E-state index in [2.05, 4.69) is 35.8 Å². The number of hydrogen-bond donors (Lipinski definition) is 3. The lowest BCUT2D eigenvalue weighted by molar-refractivity contribution is 0.0998. The molecule has 1 rings (SSSR count). The van der Waals surface area contributed by atoms with Crippen LogP contribution in [-0.4, -0.2) is 28.6 Å². The summed E-state index contributed by atoms with van der Waals surface area (Å²) in [7, 11) is 0. The number of unbranched alkanes of at least 4 members (excludes halogenated alkanes) is 3. The molecule has 4 N–H and O–H groups in total. The first-order chi connectivity index (χ1) is 11.5. The molecule has 0 aliphatic rings. The van der Waals surface area contributed by atoms with Crippen molar-refractivity contribution in [1.82, 2.24) is 9.69 Å². The van der Waals surface area contributed by atoms with E-state index < -0.39 is 5.91 Å². The van der Waals surface area contributed by atoms with Crippen LogP contribution in [-0.2, 0) is 0 Å². The Hall–Kier alpha value is -1.28. The monoisotopic (exact) mass is 372 g/mol. The van der Waals surface area contributed by atoms with Crippen molar-refractivity contribution in [2.24, 2.45) is 11.7 Å². The number of aromatic nitrogens is 1. The van der Waals surface area contributed by atoms with E-state index in [1.54, 1.807) is 0 Å². The zero-order valence-electron chi connectivity index (χ0n) is 14.7. The number of anilines is 1. The molecule has 1 heterocycles. The fraction of sp³-hybridized carbons (Fsp3) is 0.688. The van der Waals surface area contributed by atoms with Crippen LogP contribution >= 0.6 is 23.3 Å². The standard InChI is InChI=1S/C16H28N4O2S2/c1-4-5-6-7-10-23-15-12(13(17)21)14(24-20-15)19-16(22)18-9-8-11(2)3/h11H,4-10H2,1-3H3,(H2,17,21)(H2,18,19,22). The minimum atomic E-state index is -0.558. The third-order valence-electron chi connectivity index (χ3n) is 3.38. The van der Waals surface area contributed by atoms with Crippen LogP contribution in [0.2, 0.25) is 0 Å². The zero-order chi connectivity index (χ0) is 17.9. The van der Waals surface area contributed by atoms with Crippen LogP contribution in [0.3, 0.4) is 0 Å². The first kappa shape index (κ1) is 20.8. The molecule has 0 saturated heterocycles. The fourth-order valence-electron chi connectivity index (χ4n) is 2.00. The van der Waals surface area contributed by atoms with Crippen LogP contribution in [0.5, 0.6) is 0 Å². The molecule has 24 heavy (non-hydrogen) atoms. The second-order valence-electron chi connectivity index (χ2n) is 6.03. The first-order valence-electron chi connectivity index (χ1n) is 8.42. The lowest BCUT2D eigenvalue weighted by Gasteiger charge is -2.08. The van der Waals surface area contributed by atoms with E-state index in [1.807, 2.05) is 0 Å². The molecular weight excluding hydrogens is 344 g/mol.